The van der Waals surface area contributed by atoms with Gasteiger partial charge in [0, 0.05) is 5.71 Å². The Morgan fingerprint density at radius 1 is 1.64 bits per heavy atom. The molecule has 0 aliphatic rings. The van der Waals surface area contributed by atoms with Crippen molar-refractivity contribution in [3.8, 4) is 0 Å². The van der Waals surface area contributed by atoms with Crippen molar-refractivity contribution in [2.75, 3.05) is 0 Å². The summed E-state index contributed by atoms with van der Waals surface area (Å²) >= 11 is 0. The van der Waals surface area contributed by atoms with Gasteiger partial charge in [-0.2, -0.15) is 5.10 Å². The fourth-order valence-electron chi connectivity index (χ4n) is 0.787. The summed E-state index contributed by atoms with van der Waals surface area (Å²) in [4.78, 5) is 10.2. The number of primary amides is 1. The van der Waals surface area contributed by atoms with Gasteiger partial charge in [0.2, 0.25) is 0 Å². The van der Waals surface area contributed by atoms with Crippen LogP contribution in [0.25, 0.3) is 0 Å². The summed E-state index contributed by atoms with van der Waals surface area (Å²) < 4.78 is 0. The Hall–Kier alpha value is -1.06. The van der Waals surface area contributed by atoms with Crippen LogP contribution in [-0.2, 0) is 0 Å². The van der Waals surface area contributed by atoms with Crippen molar-refractivity contribution in [3.63, 3.8) is 0 Å². The minimum absolute atomic E-state index is 0.549. The van der Waals surface area contributed by atoms with Crippen molar-refractivity contribution in [2.24, 2.45) is 16.8 Å². The van der Waals surface area contributed by atoms with Gasteiger partial charge < -0.3 is 5.73 Å². The molecule has 0 saturated carbocycles. The maximum absolute atomic E-state index is 10.2. The predicted molar refractivity (Wildman–Crippen MR) is 45.3 cm³/mol. The van der Waals surface area contributed by atoms with Crippen LogP contribution in [0.5, 0.6) is 0 Å². The van der Waals surface area contributed by atoms with Gasteiger partial charge in [-0.25, -0.2) is 10.2 Å². The maximum Gasteiger partial charge on any atom is 0.332 e. The summed E-state index contributed by atoms with van der Waals surface area (Å²) in [6.07, 6.45) is 0.875. The van der Waals surface area contributed by atoms with Crippen LogP contribution in [0.2, 0.25) is 0 Å². The summed E-state index contributed by atoms with van der Waals surface area (Å²) in [6, 6.07) is -0.617. The zero-order chi connectivity index (χ0) is 8.85. The normalized spacial score (nSPS) is 11.8. The number of hydrazone groups is 1. The molecule has 0 radical (unpaired) electrons. The quantitative estimate of drug-likeness (QED) is 0.467. The van der Waals surface area contributed by atoms with Gasteiger partial charge in [0.15, 0.2) is 0 Å². The number of hydrogen-bond donors (Lipinski definition) is 2. The first kappa shape index (κ1) is 9.94. The number of hydrogen-bond acceptors (Lipinski definition) is 2. The SMILES string of the molecule is C/C(CC(C)C)=N/NC(N)=O. The van der Waals surface area contributed by atoms with Crippen LogP contribution < -0.4 is 11.2 Å². The highest BCUT2D eigenvalue weighted by atomic mass is 16.2. The van der Waals surface area contributed by atoms with Crippen molar-refractivity contribution < 1.29 is 4.79 Å². The molecule has 3 N–H and O–H groups in total. The van der Waals surface area contributed by atoms with E-state index in [2.05, 4.69) is 24.4 Å². The van der Waals surface area contributed by atoms with Crippen LogP contribution in [0.15, 0.2) is 5.10 Å². The first-order chi connectivity index (χ1) is 5.02. The molecule has 0 saturated heterocycles. The number of carbonyl (C=O) groups is 1. The largest absolute Gasteiger partial charge is 0.350 e. The molecule has 0 aromatic carbocycles. The van der Waals surface area contributed by atoms with Gasteiger partial charge in [-0.05, 0) is 19.3 Å². The maximum atomic E-state index is 10.2. The van der Waals surface area contributed by atoms with Crippen molar-refractivity contribution in [1.82, 2.24) is 5.43 Å². The number of amides is 2. The molecule has 0 fully saturated rings. The number of carbonyl (C=O) groups excluding carboxylic acids is 1. The van der Waals surface area contributed by atoms with Gasteiger partial charge in [0.25, 0.3) is 0 Å². The fourth-order valence-corrected chi connectivity index (χ4v) is 0.787. The Bertz CT molecular complexity index is 163. The van der Waals surface area contributed by atoms with Gasteiger partial charge in [-0.3, -0.25) is 0 Å². The van der Waals surface area contributed by atoms with Crippen LogP contribution in [0.3, 0.4) is 0 Å². The fraction of sp³-hybridized carbons (Fsp3) is 0.714. The Morgan fingerprint density at radius 3 is 2.55 bits per heavy atom. The molecule has 11 heavy (non-hydrogen) atoms. The van der Waals surface area contributed by atoms with Crippen LogP contribution in [-0.4, -0.2) is 11.7 Å². The number of nitrogens with one attached hydrogen (secondary N) is 1. The third-order valence-corrected chi connectivity index (χ3v) is 1.06. The summed E-state index contributed by atoms with van der Waals surface area (Å²) in [5.41, 5.74) is 7.88. The lowest BCUT2D eigenvalue weighted by Crippen LogP contribution is -2.25. The van der Waals surface area contributed by atoms with E-state index in [1.807, 2.05) is 6.92 Å². The Morgan fingerprint density at radius 2 is 2.18 bits per heavy atom. The zero-order valence-electron chi connectivity index (χ0n) is 7.22. The molecule has 64 valence electrons. The molecule has 0 aromatic rings. The second-order valence-electron chi connectivity index (χ2n) is 2.92. The molecule has 0 bridgehead atoms. The van der Waals surface area contributed by atoms with Crippen LogP contribution in [0.4, 0.5) is 4.79 Å². The average Bonchev–Trinajstić information content (AvgIpc) is 1.82. The minimum Gasteiger partial charge on any atom is -0.350 e. The van der Waals surface area contributed by atoms with Gasteiger partial charge >= 0.3 is 6.03 Å². The van der Waals surface area contributed by atoms with E-state index in [-0.39, 0.29) is 0 Å². The Balaban J connectivity index is 3.72. The van der Waals surface area contributed by atoms with Crippen LogP contribution in [0.1, 0.15) is 27.2 Å². The number of nitrogens with zero attached hydrogens (tertiary/aromatic N) is 1. The van der Waals surface area contributed by atoms with Crippen LogP contribution in [0, 0.1) is 5.92 Å². The molecule has 4 nitrogen and oxygen atoms in total. The predicted octanol–water partition coefficient (Wildman–Crippen LogP) is 1.08. The van der Waals surface area contributed by atoms with E-state index in [1.54, 1.807) is 0 Å². The molecular weight excluding hydrogens is 142 g/mol. The van der Waals surface area contributed by atoms with Gasteiger partial charge in [0.05, 0.1) is 0 Å². The molecule has 0 spiro atoms. The molecule has 4 heteroatoms. The Labute approximate surface area is 66.8 Å². The molecule has 0 heterocycles. The lowest BCUT2D eigenvalue weighted by atomic mass is 10.1. The van der Waals surface area contributed by atoms with E-state index < -0.39 is 6.03 Å². The highest BCUT2D eigenvalue weighted by Crippen LogP contribution is 1.99. The van der Waals surface area contributed by atoms with Gasteiger partial charge in [-0.1, -0.05) is 13.8 Å². The lowest BCUT2D eigenvalue weighted by Gasteiger charge is -2.02. The summed E-state index contributed by atoms with van der Waals surface area (Å²) in [7, 11) is 0. The first-order valence-electron chi connectivity index (χ1n) is 3.61. The molecular formula is C7H15N3O. The third-order valence-electron chi connectivity index (χ3n) is 1.06. The van der Waals surface area contributed by atoms with E-state index in [1.165, 1.54) is 0 Å². The van der Waals surface area contributed by atoms with Gasteiger partial charge in [0.1, 0.15) is 0 Å². The van der Waals surface area contributed by atoms with Crippen molar-refractivity contribution in [3.05, 3.63) is 0 Å². The summed E-state index contributed by atoms with van der Waals surface area (Å²) in [5.74, 6) is 0.549. The number of rotatable bonds is 3. The van der Waals surface area contributed by atoms with Crippen LogP contribution >= 0.6 is 0 Å². The summed E-state index contributed by atoms with van der Waals surface area (Å²) in [6.45, 7) is 6.03. The molecule has 0 atom stereocenters. The second kappa shape index (κ2) is 4.71. The molecule has 2 amide bonds. The monoisotopic (exact) mass is 157 g/mol. The van der Waals surface area contributed by atoms with E-state index in [0.29, 0.717) is 5.92 Å². The Kier molecular flexibility index (Phi) is 4.26. The van der Waals surface area contributed by atoms with Gasteiger partial charge in [-0.15, -0.1) is 0 Å². The smallest absolute Gasteiger partial charge is 0.332 e. The van der Waals surface area contributed by atoms with Crippen molar-refractivity contribution >= 4 is 11.7 Å². The second-order valence-corrected chi connectivity index (χ2v) is 2.92. The molecule has 0 aliphatic heterocycles. The molecule has 0 rings (SSSR count). The topological polar surface area (TPSA) is 67.5 Å². The average molecular weight is 157 g/mol. The van der Waals surface area contributed by atoms with E-state index in [4.69, 9.17) is 5.73 Å². The highest BCUT2D eigenvalue weighted by Gasteiger charge is 1.96. The molecule has 0 unspecified atom stereocenters. The van der Waals surface area contributed by atoms with E-state index in [9.17, 15) is 4.79 Å². The minimum atomic E-state index is -0.617. The third kappa shape index (κ3) is 6.83. The number of urea groups is 1. The van der Waals surface area contributed by atoms with E-state index in [0.717, 1.165) is 12.1 Å². The first-order valence-corrected chi connectivity index (χ1v) is 3.61. The molecule has 0 aliphatic carbocycles. The van der Waals surface area contributed by atoms with Crippen molar-refractivity contribution in [2.45, 2.75) is 27.2 Å². The molecule has 0 aromatic heterocycles. The zero-order valence-corrected chi connectivity index (χ0v) is 7.22. The van der Waals surface area contributed by atoms with Crippen molar-refractivity contribution in [1.29, 1.82) is 0 Å². The standard InChI is InChI=1S/C7H15N3O/c1-5(2)4-6(3)9-10-7(8)11/h5H,4H2,1-3H3,(H3,8,10,11)/b9-6-. The summed E-state index contributed by atoms with van der Waals surface area (Å²) in [5, 5.41) is 3.76. The highest BCUT2D eigenvalue weighted by molar-refractivity contribution is 5.83. The number of nitrogens with two attached hydrogens (primary N) is 1. The lowest BCUT2D eigenvalue weighted by molar-refractivity contribution is 0.249. The van der Waals surface area contributed by atoms with E-state index >= 15 is 0 Å².